The van der Waals surface area contributed by atoms with Gasteiger partial charge in [0.2, 0.25) is 0 Å². The molecule has 0 radical (unpaired) electrons. The number of nitrogens with one attached hydrogen (secondary N) is 1. The molecule has 1 aromatic carbocycles. The molecule has 1 N–H and O–H groups in total. The predicted molar refractivity (Wildman–Crippen MR) is 80.8 cm³/mol. The van der Waals surface area contributed by atoms with E-state index in [4.69, 9.17) is 9.47 Å². The maximum Gasteiger partial charge on any atom is 0.133 e. The lowest BCUT2D eigenvalue weighted by Crippen LogP contribution is -2.41. The summed E-state index contributed by atoms with van der Waals surface area (Å²) in [6, 6.07) is 6.67. The molecule has 2 unspecified atom stereocenters. The predicted octanol–water partition coefficient (Wildman–Crippen LogP) is 3.16. The standard InChI is InChI=1S/C15H22BrNO2/c1-3-17-13(15-5-4-8-19-15)10-11-6-7-14(18-2)12(16)9-11/h6-7,9,13,15,17H,3-5,8,10H2,1-2H3. The first-order valence-electron chi connectivity index (χ1n) is 6.92. The van der Waals surface area contributed by atoms with Gasteiger partial charge in [0.1, 0.15) is 5.75 Å². The second kappa shape index (κ2) is 7.27. The van der Waals surface area contributed by atoms with Crippen LogP contribution >= 0.6 is 15.9 Å². The van der Waals surface area contributed by atoms with Crippen LogP contribution in [0.2, 0.25) is 0 Å². The number of methoxy groups -OCH3 is 1. The lowest BCUT2D eigenvalue weighted by molar-refractivity contribution is 0.0789. The normalized spacial score (nSPS) is 20.5. The van der Waals surface area contributed by atoms with Gasteiger partial charge in [-0.05, 0) is 59.4 Å². The van der Waals surface area contributed by atoms with Crippen molar-refractivity contribution in [1.29, 1.82) is 0 Å². The van der Waals surface area contributed by atoms with Crippen LogP contribution in [-0.2, 0) is 11.2 Å². The first-order valence-corrected chi connectivity index (χ1v) is 7.71. The second-order valence-electron chi connectivity index (χ2n) is 4.89. The van der Waals surface area contributed by atoms with Crippen molar-refractivity contribution in [2.45, 2.75) is 38.3 Å². The number of hydrogen-bond acceptors (Lipinski definition) is 3. The van der Waals surface area contributed by atoms with E-state index < -0.39 is 0 Å². The number of likely N-dealkylation sites (N-methyl/N-ethyl adjacent to an activating group) is 1. The quantitative estimate of drug-likeness (QED) is 0.870. The molecule has 2 atom stereocenters. The van der Waals surface area contributed by atoms with Crippen LogP contribution in [0.5, 0.6) is 5.75 Å². The van der Waals surface area contributed by atoms with Crippen LogP contribution in [0.4, 0.5) is 0 Å². The summed E-state index contributed by atoms with van der Waals surface area (Å²) in [6.07, 6.45) is 3.68. The van der Waals surface area contributed by atoms with Crippen LogP contribution < -0.4 is 10.1 Å². The number of ether oxygens (including phenoxy) is 2. The Kier molecular flexibility index (Phi) is 5.67. The van der Waals surface area contributed by atoms with Crippen molar-refractivity contribution in [3.8, 4) is 5.75 Å². The number of halogens is 1. The number of hydrogen-bond donors (Lipinski definition) is 1. The van der Waals surface area contributed by atoms with Crippen molar-refractivity contribution < 1.29 is 9.47 Å². The topological polar surface area (TPSA) is 30.5 Å². The third-order valence-electron chi connectivity index (χ3n) is 3.55. The van der Waals surface area contributed by atoms with Gasteiger partial charge in [0.15, 0.2) is 0 Å². The molecule has 0 amide bonds. The SMILES string of the molecule is CCNC(Cc1ccc(OC)c(Br)c1)C1CCCO1. The molecule has 0 spiro atoms. The Morgan fingerprint density at radius 3 is 2.95 bits per heavy atom. The molecule has 1 saturated heterocycles. The van der Waals surface area contributed by atoms with E-state index >= 15 is 0 Å². The van der Waals surface area contributed by atoms with E-state index in [1.54, 1.807) is 7.11 Å². The monoisotopic (exact) mass is 327 g/mol. The summed E-state index contributed by atoms with van der Waals surface area (Å²) in [6.45, 7) is 4.02. The molecule has 1 aromatic rings. The zero-order valence-electron chi connectivity index (χ0n) is 11.6. The lowest BCUT2D eigenvalue weighted by Gasteiger charge is -2.24. The Balaban J connectivity index is 2.05. The van der Waals surface area contributed by atoms with Crippen molar-refractivity contribution in [3.05, 3.63) is 28.2 Å². The van der Waals surface area contributed by atoms with E-state index in [1.807, 2.05) is 6.07 Å². The molecule has 106 valence electrons. The zero-order chi connectivity index (χ0) is 13.7. The maximum atomic E-state index is 5.82. The molecule has 0 bridgehead atoms. The molecule has 3 nitrogen and oxygen atoms in total. The minimum atomic E-state index is 0.348. The molecular weight excluding hydrogens is 306 g/mol. The van der Waals surface area contributed by atoms with E-state index in [2.05, 4.69) is 40.3 Å². The van der Waals surface area contributed by atoms with Crippen molar-refractivity contribution in [2.24, 2.45) is 0 Å². The highest BCUT2D eigenvalue weighted by Gasteiger charge is 2.25. The van der Waals surface area contributed by atoms with Crippen molar-refractivity contribution in [2.75, 3.05) is 20.3 Å². The van der Waals surface area contributed by atoms with Crippen LogP contribution in [0, 0.1) is 0 Å². The summed E-state index contributed by atoms with van der Waals surface area (Å²) in [5.41, 5.74) is 1.30. The van der Waals surface area contributed by atoms with E-state index in [-0.39, 0.29) is 0 Å². The molecule has 0 aliphatic carbocycles. The molecule has 2 rings (SSSR count). The van der Waals surface area contributed by atoms with Gasteiger partial charge in [-0.3, -0.25) is 0 Å². The average molecular weight is 328 g/mol. The van der Waals surface area contributed by atoms with Gasteiger partial charge in [-0.2, -0.15) is 0 Å². The molecule has 1 aliphatic rings. The van der Waals surface area contributed by atoms with Gasteiger partial charge in [-0.1, -0.05) is 13.0 Å². The molecular formula is C15H22BrNO2. The van der Waals surface area contributed by atoms with E-state index in [9.17, 15) is 0 Å². The average Bonchev–Trinajstić information content (AvgIpc) is 2.92. The Bertz CT molecular complexity index is 405. The fourth-order valence-corrected chi connectivity index (χ4v) is 3.20. The van der Waals surface area contributed by atoms with Crippen LogP contribution in [0.1, 0.15) is 25.3 Å². The minimum absolute atomic E-state index is 0.348. The fraction of sp³-hybridized carbons (Fsp3) is 0.600. The van der Waals surface area contributed by atoms with Gasteiger partial charge >= 0.3 is 0 Å². The number of benzene rings is 1. The first-order chi connectivity index (χ1) is 9.24. The van der Waals surface area contributed by atoms with E-state index in [0.717, 1.165) is 36.2 Å². The Hall–Kier alpha value is -0.580. The summed E-state index contributed by atoms with van der Waals surface area (Å²) in [4.78, 5) is 0. The van der Waals surface area contributed by atoms with Gasteiger partial charge in [0, 0.05) is 12.6 Å². The first kappa shape index (κ1) is 14.8. The van der Waals surface area contributed by atoms with E-state index in [0.29, 0.717) is 12.1 Å². The molecule has 4 heteroatoms. The summed E-state index contributed by atoms with van der Waals surface area (Å²) in [5, 5.41) is 3.55. The van der Waals surface area contributed by atoms with Crippen LogP contribution in [0.25, 0.3) is 0 Å². The molecule has 1 heterocycles. The smallest absolute Gasteiger partial charge is 0.133 e. The van der Waals surface area contributed by atoms with Crippen LogP contribution in [0.3, 0.4) is 0 Å². The summed E-state index contributed by atoms with van der Waals surface area (Å²) >= 11 is 3.54. The summed E-state index contributed by atoms with van der Waals surface area (Å²) < 4.78 is 12.1. The van der Waals surface area contributed by atoms with Crippen molar-refractivity contribution in [3.63, 3.8) is 0 Å². The van der Waals surface area contributed by atoms with Gasteiger partial charge in [0.25, 0.3) is 0 Å². The van der Waals surface area contributed by atoms with Gasteiger partial charge in [-0.15, -0.1) is 0 Å². The third kappa shape index (κ3) is 3.94. The molecule has 0 aromatic heterocycles. The highest BCUT2D eigenvalue weighted by Crippen LogP contribution is 2.27. The van der Waals surface area contributed by atoms with Crippen LogP contribution in [0.15, 0.2) is 22.7 Å². The van der Waals surface area contributed by atoms with Gasteiger partial charge < -0.3 is 14.8 Å². The fourth-order valence-electron chi connectivity index (χ4n) is 2.61. The van der Waals surface area contributed by atoms with Crippen LogP contribution in [-0.4, -0.2) is 32.4 Å². The highest BCUT2D eigenvalue weighted by molar-refractivity contribution is 9.10. The Morgan fingerprint density at radius 1 is 1.53 bits per heavy atom. The molecule has 1 aliphatic heterocycles. The summed E-state index contributed by atoms with van der Waals surface area (Å²) in [5.74, 6) is 0.876. The third-order valence-corrected chi connectivity index (χ3v) is 4.17. The van der Waals surface area contributed by atoms with Gasteiger partial charge in [0.05, 0.1) is 17.7 Å². The zero-order valence-corrected chi connectivity index (χ0v) is 13.2. The number of rotatable bonds is 6. The largest absolute Gasteiger partial charge is 0.496 e. The lowest BCUT2D eigenvalue weighted by atomic mass is 9.99. The Morgan fingerprint density at radius 2 is 2.37 bits per heavy atom. The Labute approximate surface area is 123 Å². The van der Waals surface area contributed by atoms with Gasteiger partial charge in [-0.25, -0.2) is 0 Å². The molecule has 0 saturated carbocycles. The van der Waals surface area contributed by atoms with Crippen molar-refractivity contribution >= 4 is 15.9 Å². The second-order valence-corrected chi connectivity index (χ2v) is 5.74. The molecule has 19 heavy (non-hydrogen) atoms. The minimum Gasteiger partial charge on any atom is -0.496 e. The van der Waals surface area contributed by atoms with Crippen molar-refractivity contribution in [1.82, 2.24) is 5.32 Å². The summed E-state index contributed by atoms with van der Waals surface area (Å²) in [7, 11) is 1.69. The van der Waals surface area contributed by atoms with E-state index in [1.165, 1.54) is 12.0 Å². The maximum absolute atomic E-state index is 5.82. The highest BCUT2D eigenvalue weighted by atomic mass is 79.9. The molecule has 1 fully saturated rings.